The monoisotopic (exact) mass is 259 g/mol. The number of rotatable bonds is 13. The fourth-order valence-electron chi connectivity index (χ4n) is 1.96. The molecular weight excluding hydrogens is 230 g/mol. The van der Waals surface area contributed by atoms with Crippen LogP contribution in [0.3, 0.4) is 0 Å². The molecule has 4 heteroatoms. The summed E-state index contributed by atoms with van der Waals surface area (Å²) in [6.07, 6.45) is 10.4. The van der Waals surface area contributed by atoms with Crippen LogP contribution in [0.5, 0.6) is 0 Å². The minimum Gasteiger partial charge on any atom is -0.480 e. The Morgan fingerprint density at radius 2 is 1.61 bits per heavy atom. The molecule has 0 saturated carbocycles. The van der Waals surface area contributed by atoms with Gasteiger partial charge in [-0.3, -0.25) is 4.79 Å². The second-order valence-corrected chi connectivity index (χ2v) is 4.94. The van der Waals surface area contributed by atoms with Crippen LogP contribution < -0.4 is 5.32 Å². The molecule has 0 aromatic carbocycles. The standard InChI is InChI=1S/C14H29NO3/c1-2-3-4-5-6-7-8-9-10-13(16)11-15-12-14(17)18/h13,15-16H,2-12H2,1H3,(H,17,18). The highest BCUT2D eigenvalue weighted by atomic mass is 16.4. The smallest absolute Gasteiger partial charge is 0.317 e. The van der Waals surface area contributed by atoms with Gasteiger partial charge < -0.3 is 15.5 Å². The van der Waals surface area contributed by atoms with E-state index >= 15 is 0 Å². The van der Waals surface area contributed by atoms with Crippen LogP contribution in [0.4, 0.5) is 0 Å². The Labute approximate surface area is 111 Å². The minimum absolute atomic E-state index is 0.0749. The van der Waals surface area contributed by atoms with Crippen molar-refractivity contribution in [3.8, 4) is 0 Å². The summed E-state index contributed by atoms with van der Waals surface area (Å²) in [5.74, 6) is -0.880. The number of aliphatic hydroxyl groups excluding tert-OH is 1. The van der Waals surface area contributed by atoms with Crippen molar-refractivity contribution in [3.05, 3.63) is 0 Å². The Kier molecular flexibility index (Phi) is 12.4. The molecule has 0 aliphatic heterocycles. The number of aliphatic hydroxyl groups is 1. The van der Waals surface area contributed by atoms with Crippen LogP contribution >= 0.6 is 0 Å². The van der Waals surface area contributed by atoms with E-state index in [0.29, 0.717) is 6.54 Å². The number of carbonyl (C=O) groups is 1. The van der Waals surface area contributed by atoms with E-state index in [1.807, 2.05) is 0 Å². The summed E-state index contributed by atoms with van der Waals surface area (Å²) in [6, 6.07) is 0. The molecule has 4 nitrogen and oxygen atoms in total. The van der Waals surface area contributed by atoms with Gasteiger partial charge in [0.1, 0.15) is 0 Å². The Morgan fingerprint density at radius 3 is 2.17 bits per heavy atom. The van der Waals surface area contributed by atoms with E-state index in [2.05, 4.69) is 12.2 Å². The molecule has 0 aliphatic rings. The highest BCUT2D eigenvalue weighted by Gasteiger charge is 2.04. The maximum Gasteiger partial charge on any atom is 0.317 e. The van der Waals surface area contributed by atoms with Gasteiger partial charge in [-0.05, 0) is 6.42 Å². The van der Waals surface area contributed by atoms with Gasteiger partial charge in [-0.15, -0.1) is 0 Å². The second-order valence-electron chi connectivity index (χ2n) is 4.94. The average molecular weight is 259 g/mol. The van der Waals surface area contributed by atoms with E-state index in [1.54, 1.807) is 0 Å². The molecule has 1 unspecified atom stereocenters. The number of nitrogens with one attached hydrogen (secondary N) is 1. The molecule has 1 atom stereocenters. The highest BCUT2D eigenvalue weighted by molar-refractivity contribution is 5.68. The third kappa shape index (κ3) is 13.5. The summed E-state index contributed by atoms with van der Waals surface area (Å²) in [5, 5.41) is 20.7. The zero-order valence-corrected chi connectivity index (χ0v) is 11.7. The molecule has 0 radical (unpaired) electrons. The van der Waals surface area contributed by atoms with E-state index in [0.717, 1.165) is 12.8 Å². The molecule has 0 bridgehead atoms. The maximum absolute atomic E-state index is 10.2. The SMILES string of the molecule is CCCCCCCCCCC(O)CNCC(=O)O. The van der Waals surface area contributed by atoms with Crippen molar-refractivity contribution in [2.24, 2.45) is 0 Å². The summed E-state index contributed by atoms with van der Waals surface area (Å²) in [7, 11) is 0. The van der Waals surface area contributed by atoms with Crippen molar-refractivity contribution in [1.82, 2.24) is 5.32 Å². The number of hydrogen-bond acceptors (Lipinski definition) is 3. The van der Waals surface area contributed by atoms with Crippen molar-refractivity contribution in [3.63, 3.8) is 0 Å². The van der Waals surface area contributed by atoms with Gasteiger partial charge in [0.05, 0.1) is 12.6 Å². The summed E-state index contributed by atoms with van der Waals surface area (Å²) in [6.45, 7) is 2.52. The lowest BCUT2D eigenvalue weighted by molar-refractivity contribution is -0.136. The van der Waals surface area contributed by atoms with Crippen molar-refractivity contribution >= 4 is 5.97 Å². The Bertz CT molecular complexity index is 197. The Balaban J connectivity index is 3.15. The van der Waals surface area contributed by atoms with Crippen molar-refractivity contribution in [1.29, 1.82) is 0 Å². The molecule has 0 saturated heterocycles. The molecular formula is C14H29NO3. The number of unbranched alkanes of at least 4 members (excludes halogenated alkanes) is 7. The van der Waals surface area contributed by atoms with Gasteiger partial charge in [0.2, 0.25) is 0 Å². The van der Waals surface area contributed by atoms with Crippen molar-refractivity contribution in [2.45, 2.75) is 70.8 Å². The third-order valence-corrected chi connectivity index (χ3v) is 3.05. The predicted octanol–water partition coefficient (Wildman–Crippen LogP) is 2.55. The summed E-state index contributed by atoms with van der Waals surface area (Å²) in [4.78, 5) is 10.2. The van der Waals surface area contributed by atoms with Crippen LogP contribution in [-0.4, -0.2) is 35.4 Å². The van der Waals surface area contributed by atoms with Gasteiger partial charge in [0.25, 0.3) is 0 Å². The number of carboxylic acid groups (broad SMARTS) is 1. The largest absolute Gasteiger partial charge is 0.480 e. The lowest BCUT2D eigenvalue weighted by Gasteiger charge is -2.10. The number of carboxylic acids is 1. The maximum atomic E-state index is 10.2. The molecule has 0 amide bonds. The molecule has 0 spiro atoms. The fourth-order valence-corrected chi connectivity index (χ4v) is 1.96. The molecule has 0 fully saturated rings. The molecule has 0 heterocycles. The predicted molar refractivity (Wildman–Crippen MR) is 73.7 cm³/mol. The summed E-state index contributed by atoms with van der Waals surface area (Å²) in [5.41, 5.74) is 0. The lowest BCUT2D eigenvalue weighted by Crippen LogP contribution is -2.30. The fraction of sp³-hybridized carbons (Fsp3) is 0.929. The van der Waals surface area contributed by atoms with Gasteiger partial charge in [-0.1, -0.05) is 58.3 Å². The molecule has 0 aliphatic carbocycles. The Hall–Kier alpha value is -0.610. The minimum atomic E-state index is -0.880. The second kappa shape index (κ2) is 12.8. The average Bonchev–Trinajstić information content (AvgIpc) is 2.32. The molecule has 18 heavy (non-hydrogen) atoms. The zero-order chi connectivity index (χ0) is 13.6. The van der Waals surface area contributed by atoms with Crippen LogP contribution in [0.1, 0.15) is 64.7 Å². The molecule has 0 aromatic heterocycles. The zero-order valence-electron chi connectivity index (χ0n) is 11.7. The van der Waals surface area contributed by atoms with Crippen LogP contribution in [0.2, 0.25) is 0 Å². The first-order valence-electron chi connectivity index (χ1n) is 7.27. The molecule has 3 N–H and O–H groups in total. The molecule has 0 aromatic rings. The summed E-state index contributed by atoms with van der Waals surface area (Å²) < 4.78 is 0. The summed E-state index contributed by atoms with van der Waals surface area (Å²) >= 11 is 0. The first kappa shape index (κ1) is 17.4. The molecule has 0 rings (SSSR count). The highest BCUT2D eigenvalue weighted by Crippen LogP contribution is 2.10. The van der Waals surface area contributed by atoms with Crippen LogP contribution in [0.15, 0.2) is 0 Å². The topological polar surface area (TPSA) is 69.6 Å². The number of hydrogen-bond donors (Lipinski definition) is 3. The van der Waals surface area contributed by atoms with Gasteiger partial charge >= 0.3 is 5.97 Å². The van der Waals surface area contributed by atoms with Gasteiger partial charge in [0, 0.05) is 6.54 Å². The van der Waals surface area contributed by atoms with Gasteiger partial charge in [-0.25, -0.2) is 0 Å². The first-order chi connectivity index (χ1) is 8.66. The Morgan fingerprint density at radius 1 is 1.06 bits per heavy atom. The van der Waals surface area contributed by atoms with Crippen molar-refractivity contribution in [2.75, 3.05) is 13.1 Å². The van der Waals surface area contributed by atoms with E-state index in [4.69, 9.17) is 5.11 Å². The van der Waals surface area contributed by atoms with E-state index in [1.165, 1.54) is 44.9 Å². The first-order valence-corrected chi connectivity index (χ1v) is 7.27. The molecule has 108 valence electrons. The van der Waals surface area contributed by atoms with Crippen LogP contribution in [-0.2, 0) is 4.79 Å². The van der Waals surface area contributed by atoms with Crippen molar-refractivity contribution < 1.29 is 15.0 Å². The van der Waals surface area contributed by atoms with Crippen LogP contribution in [0.25, 0.3) is 0 Å². The third-order valence-electron chi connectivity index (χ3n) is 3.05. The van der Waals surface area contributed by atoms with E-state index in [9.17, 15) is 9.90 Å². The quantitative estimate of drug-likeness (QED) is 0.445. The normalized spacial score (nSPS) is 12.6. The lowest BCUT2D eigenvalue weighted by atomic mass is 10.1. The van der Waals surface area contributed by atoms with E-state index in [-0.39, 0.29) is 6.54 Å². The van der Waals surface area contributed by atoms with Gasteiger partial charge in [-0.2, -0.15) is 0 Å². The van der Waals surface area contributed by atoms with E-state index < -0.39 is 12.1 Å². The van der Waals surface area contributed by atoms with Crippen LogP contribution in [0, 0.1) is 0 Å². The number of aliphatic carboxylic acids is 1. The van der Waals surface area contributed by atoms with Gasteiger partial charge in [0.15, 0.2) is 0 Å².